The quantitative estimate of drug-likeness (QED) is 0.205. The first-order valence-electron chi connectivity index (χ1n) is 14.3. The number of rotatable bonds is 5. The van der Waals surface area contributed by atoms with Crippen LogP contribution in [-0.4, -0.2) is 0 Å². The maximum Gasteiger partial charge on any atom is 0.0554 e. The molecule has 0 spiro atoms. The van der Waals surface area contributed by atoms with Gasteiger partial charge in [0, 0.05) is 36.9 Å². The summed E-state index contributed by atoms with van der Waals surface area (Å²) in [6.07, 6.45) is 0. The molecule has 0 unspecified atom stereocenters. The van der Waals surface area contributed by atoms with E-state index in [9.17, 15) is 0 Å². The van der Waals surface area contributed by atoms with Crippen molar-refractivity contribution in [3.63, 3.8) is 0 Å². The van der Waals surface area contributed by atoms with Gasteiger partial charge in [0.15, 0.2) is 0 Å². The Kier molecular flexibility index (Phi) is 6.05. The van der Waals surface area contributed by atoms with Gasteiger partial charge in [-0.05, 0) is 70.1 Å². The van der Waals surface area contributed by atoms with Gasteiger partial charge >= 0.3 is 0 Å². The highest BCUT2D eigenvalue weighted by Gasteiger charge is 2.19. The summed E-state index contributed by atoms with van der Waals surface area (Å²) in [4.78, 5) is 2.40. The van der Waals surface area contributed by atoms with Gasteiger partial charge in [0.25, 0.3) is 0 Å². The lowest BCUT2D eigenvalue weighted by Gasteiger charge is -2.27. The summed E-state index contributed by atoms with van der Waals surface area (Å²) in [7, 11) is 0. The monoisotopic (exact) mass is 553 g/mol. The van der Waals surface area contributed by atoms with Crippen LogP contribution in [0, 0.1) is 0 Å². The first-order valence-corrected chi connectivity index (χ1v) is 15.1. The van der Waals surface area contributed by atoms with E-state index in [1.807, 2.05) is 11.3 Å². The van der Waals surface area contributed by atoms with Gasteiger partial charge in [-0.15, -0.1) is 11.3 Å². The van der Waals surface area contributed by atoms with E-state index in [2.05, 4.69) is 169 Å². The van der Waals surface area contributed by atoms with Crippen molar-refractivity contribution in [3.05, 3.63) is 164 Å². The fraction of sp³-hybridized carbons (Fsp3) is 0. The second-order valence-corrected chi connectivity index (χ2v) is 11.7. The summed E-state index contributed by atoms with van der Waals surface area (Å²) in [6, 6.07) is 59.1. The second-order valence-electron chi connectivity index (χ2n) is 10.6. The van der Waals surface area contributed by atoms with E-state index in [1.165, 1.54) is 58.9 Å². The maximum atomic E-state index is 2.40. The van der Waals surface area contributed by atoms with E-state index < -0.39 is 0 Å². The molecule has 198 valence electrons. The number of anilines is 3. The molecule has 0 aliphatic carbocycles. The van der Waals surface area contributed by atoms with Crippen LogP contribution < -0.4 is 4.90 Å². The SMILES string of the molecule is c1ccc(-c2cccc(-c3ccc(N(c4ccccc4)c4cc5sc6ccccc6c5c5ccccc45)cc3)c2)cc1. The second kappa shape index (κ2) is 10.3. The van der Waals surface area contributed by atoms with Crippen molar-refractivity contribution in [1.82, 2.24) is 0 Å². The van der Waals surface area contributed by atoms with Gasteiger partial charge in [-0.3, -0.25) is 0 Å². The molecule has 0 amide bonds. The van der Waals surface area contributed by atoms with Crippen LogP contribution >= 0.6 is 11.3 Å². The first kappa shape index (κ1) is 24.6. The molecule has 0 fully saturated rings. The number of hydrogen-bond donors (Lipinski definition) is 0. The van der Waals surface area contributed by atoms with Gasteiger partial charge < -0.3 is 4.90 Å². The third kappa shape index (κ3) is 4.25. The molecule has 42 heavy (non-hydrogen) atoms. The normalized spacial score (nSPS) is 11.3. The van der Waals surface area contributed by atoms with E-state index in [0.717, 1.165) is 11.4 Å². The predicted octanol–water partition coefficient (Wildman–Crippen LogP) is 12.0. The predicted molar refractivity (Wildman–Crippen MR) is 182 cm³/mol. The Morgan fingerprint density at radius 3 is 1.64 bits per heavy atom. The van der Waals surface area contributed by atoms with Gasteiger partial charge in [0.2, 0.25) is 0 Å². The first-order chi connectivity index (χ1) is 20.8. The molecule has 7 aromatic carbocycles. The number of hydrogen-bond acceptors (Lipinski definition) is 2. The Labute approximate surface area is 249 Å². The Bertz CT molecular complexity index is 2180. The Morgan fingerprint density at radius 2 is 0.905 bits per heavy atom. The smallest absolute Gasteiger partial charge is 0.0554 e. The van der Waals surface area contributed by atoms with Crippen molar-refractivity contribution >= 4 is 59.3 Å². The molecule has 8 rings (SSSR count). The molecule has 0 atom stereocenters. The number of para-hydroxylation sites is 1. The highest BCUT2D eigenvalue weighted by Crippen LogP contribution is 2.46. The molecule has 1 nitrogen and oxygen atoms in total. The Hall–Kier alpha value is -5.18. The van der Waals surface area contributed by atoms with Crippen molar-refractivity contribution in [2.24, 2.45) is 0 Å². The molecular weight excluding hydrogens is 527 g/mol. The van der Waals surface area contributed by atoms with Crippen LogP contribution in [0.15, 0.2) is 164 Å². The van der Waals surface area contributed by atoms with Crippen LogP contribution in [0.1, 0.15) is 0 Å². The number of benzene rings is 7. The molecule has 2 heteroatoms. The summed E-state index contributed by atoms with van der Waals surface area (Å²) in [5.74, 6) is 0. The van der Waals surface area contributed by atoms with Gasteiger partial charge in [0.05, 0.1) is 5.69 Å². The van der Waals surface area contributed by atoms with Gasteiger partial charge in [-0.2, -0.15) is 0 Å². The van der Waals surface area contributed by atoms with E-state index >= 15 is 0 Å². The lowest BCUT2D eigenvalue weighted by Crippen LogP contribution is -2.10. The minimum atomic E-state index is 1.13. The van der Waals surface area contributed by atoms with Gasteiger partial charge in [-0.25, -0.2) is 0 Å². The van der Waals surface area contributed by atoms with Crippen LogP contribution in [0.5, 0.6) is 0 Å². The molecule has 8 aromatic rings. The minimum absolute atomic E-state index is 1.13. The maximum absolute atomic E-state index is 2.40. The summed E-state index contributed by atoms with van der Waals surface area (Å²) < 4.78 is 2.63. The summed E-state index contributed by atoms with van der Waals surface area (Å²) in [5, 5.41) is 5.21. The fourth-order valence-corrected chi connectivity index (χ4v) is 7.23. The highest BCUT2D eigenvalue weighted by molar-refractivity contribution is 7.26. The molecule has 0 saturated carbocycles. The molecule has 0 bridgehead atoms. The Morgan fingerprint density at radius 1 is 0.357 bits per heavy atom. The van der Waals surface area contributed by atoms with Crippen LogP contribution in [-0.2, 0) is 0 Å². The molecule has 0 aliphatic rings. The molecule has 0 N–H and O–H groups in total. The molecule has 1 aromatic heterocycles. The molecule has 0 saturated heterocycles. The van der Waals surface area contributed by atoms with Crippen molar-refractivity contribution in [2.45, 2.75) is 0 Å². The largest absolute Gasteiger partial charge is 0.310 e. The van der Waals surface area contributed by atoms with E-state index in [-0.39, 0.29) is 0 Å². The summed E-state index contributed by atoms with van der Waals surface area (Å²) >= 11 is 1.87. The number of fused-ring (bicyclic) bond motifs is 5. The standard InChI is InChI=1S/C40H27NS/c1-3-12-28(13-4-1)30-14-11-15-31(26-30)29-22-24-33(25-23-29)41(32-16-5-2-6-17-32)37-27-39-40(35-19-8-7-18-34(35)37)36-20-9-10-21-38(36)42-39/h1-27H. The number of nitrogens with zero attached hydrogens (tertiary/aromatic N) is 1. The number of thiophene rings is 1. The molecule has 1 heterocycles. The van der Waals surface area contributed by atoms with Gasteiger partial charge in [-0.1, -0.05) is 121 Å². The van der Waals surface area contributed by atoms with E-state index in [4.69, 9.17) is 0 Å². The molecular formula is C40H27NS. The van der Waals surface area contributed by atoms with Crippen LogP contribution in [0.3, 0.4) is 0 Å². The zero-order valence-electron chi connectivity index (χ0n) is 22.9. The zero-order chi connectivity index (χ0) is 27.9. The van der Waals surface area contributed by atoms with Crippen LogP contribution in [0.4, 0.5) is 17.1 Å². The van der Waals surface area contributed by atoms with Crippen LogP contribution in [0.2, 0.25) is 0 Å². The topological polar surface area (TPSA) is 3.24 Å². The highest BCUT2D eigenvalue weighted by atomic mass is 32.1. The third-order valence-corrected chi connectivity index (χ3v) is 9.16. The van der Waals surface area contributed by atoms with E-state index in [0.29, 0.717) is 0 Å². The van der Waals surface area contributed by atoms with Crippen LogP contribution in [0.25, 0.3) is 53.2 Å². The summed E-state index contributed by atoms with van der Waals surface area (Å²) in [6.45, 7) is 0. The van der Waals surface area contributed by atoms with Crippen molar-refractivity contribution in [3.8, 4) is 22.3 Å². The van der Waals surface area contributed by atoms with Crippen molar-refractivity contribution in [1.29, 1.82) is 0 Å². The molecule has 0 aliphatic heterocycles. The lowest BCUT2D eigenvalue weighted by atomic mass is 9.98. The van der Waals surface area contributed by atoms with Crippen molar-refractivity contribution < 1.29 is 0 Å². The average Bonchev–Trinajstić information content (AvgIpc) is 3.45. The lowest BCUT2D eigenvalue weighted by molar-refractivity contribution is 1.30. The fourth-order valence-electron chi connectivity index (χ4n) is 6.07. The Balaban J connectivity index is 1.29. The third-order valence-electron chi connectivity index (χ3n) is 8.05. The average molecular weight is 554 g/mol. The minimum Gasteiger partial charge on any atom is -0.310 e. The van der Waals surface area contributed by atoms with Gasteiger partial charge in [0.1, 0.15) is 0 Å². The zero-order valence-corrected chi connectivity index (χ0v) is 23.8. The van der Waals surface area contributed by atoms with Crippen molar-refractivity contribution in [2.75, 3.05) is 4.90 Å². The summed E-state index contributed by atoms with van der Waals surface area (Å²) in [5.41, 5.74) is 8.34. The van der Waals surface area contributed by atoms with E-state index in [1.54, 1.807) is 0 Å². The molecule has 0 radical (unpaired) electrons.